The van der Waals surface area contributed by atoms with Crippen molar-refractivity contribution in [2.45, 2.75) is 39.4 Å². The van der Waals surface area contributed by atoms with Crippen molar-refractivity contribution in [3.8, 4) is 11.5 Å². The van der Waals surface area contributed by atoms with Gasteiger partial charge in [0.25, 0.3) is 0 Å². The summed E-state index contributed by atoms with van der Waals surface area (Å²) in [6.07, 6.45) is 0. The Balaban J connectivity index is 1.34. The van der Waals surface area contributed by atoms with Crippen molar-refractivity contribution in [3.63, 3.8) is 0 Å². The maximum Gasteiger partial charge on any atom is 0.119 e. The molecule has 0 aliphatic rings. The Kier molecular flexibility index (Phi) is 7.21. The van der Waals surface area contributed by atoms with Crippen LogP contribution in [-0.4, -0.2) is 5.71 Å². The van der Waals surface area contributed by atoms with E-state index in [2.05, 4.69) is 50.2 Å². The smallest absolute Gasteiger partial charge is 0.119 e. The van der Waals surface area contributed by atoms with E-state index in [4.69, 9.17) is 20.6 Å². The van der Waals surface area contributed by atoms with Gasteiger partial charge in [0.15, 0.2) is 0 Å². The van der Waals surface area contributed by atoms with Crippen LogP contribution in [0.25, 0.3) is 0 Å². The average Bonchev–Trinajstić information content (AvgIpc) is 2.87. The second-order valence-corrected chi connectivity index (χ2v) is 9.32. The van der Waals surface area contributed by atoms with Crippen molar-refractivity contribution in [2.75, 3.05) is 5.73 Å². The summed E-state index contributed by atoms with van der Waals surface area (Å²) >= 11 is 0. The van der Waals surface area contributed by atoms with Crippen LogP contribution in [0.3, 0.4) is 0 Å². The van der Waals surface area contributed by atoms with Crippen LogP contribution in [0.1, 0.15) is 48.6 Å². The van der Waals surface area contributed by atoms with E-state index in [9.17, 15) is 0 Å². The molecule has 0 saturated heterocycles. The maximum atomic E-state index is 7.69. The van der Waals surface area contributed by atoms with E-state index in [1.165, 1.54) is 11.1 Å². The zero-order valence-electron chi connectivity index (χ0n) is 20.5. The highest BCUT2D eigenvalue weighted by atomic mass is 16.5. The van der Waals surface area contributed by atoms with Crippen LogP contribution in [0.15, 0.2) is 97.1 Å². The molecule has 3 N–H and O–H groups in total. The standard InChI is InChI=1S/C31H32N2O2/c1-22(32)25-7-15-29(16-8-25)34-20-23-5-4-6-24(19-23)21-35-30-17-11-27(12-18-30)31(2,3)26-9-13-28(33)14-10-26/h4-19,32H,20-21,33H2,1-3H3. The second-order valence-electron chi connectivity index (χ2n) is 9.32. The zero-order valence-corrected chi connectivity index (χ0v) is 20.5. The highest BCUT2D eigenvalue weighted by molar-refractivity contribution is 5.96. The number of hydrogen-bond acceptors (Lipinski definition) is 4. The molecule has 0 aliphatic heterocycles. The first kappa shape index (κ1) is 24.1. The van der Waals surface area contributed by atoms with Gasteiger partial charge in [-0.2, -0.15) is 0 Å². The summed E-state index contributed by atoms with van der Waals surface area (Å²) in [5.41, 5.74) is 12.6. The topological polar surface area (TPSA) is 68.3 Å². The van der Waals surface area contributed by atoms with Gasteiger partial charge < -0.3 is 20.6 Å². The Morgan fingerprint density at radius 2 is 1.17 bits per heavy atom. The van der Waals surface area contributed by atoms with E-state index in [0.717, 1.165) is 33.9 Å². The van der Waals surface area contributed by atoms with Gasteiger partial charge in [-0.25, -0.2) is 0 Å². The predicted molar refractivity (Wildman–Crippen MR) is 143 cm³/mol. The number of nitrogen functional groups attached to an aromatic ring is 1. The Bertz CT molecular complexity index is 1280. The van der Waals surface area contributed by atoms with Crippen molar-refractivity contribution in [2.24, 2.45) is 0 Å². The molecule has 4 aromatic carbocycles. The third-order valence-corrected chi connectivity index (χ3v) is 6.30. The highest BCUT2D eigenvalue weighted by Gasteiger charge is 2.22. The lowest BCUT2D eigenvalue weighted by atomic mass is 9.78. The molecule has 0 unspecified atom stereocenters. The van der Waals surface area contributed by atoms with Crippen molar-refractivity contribution < 1.29 is 9.47 Å². The van der Waals surface area contributed by atoms with Crippen molar-refractivity contribution in [1.82, 2.24) is 0 Å². The van der Waals surface area contributed by atoms with Crippen molar-refractivity contribution >= 4 is 11.4 Å². The molecule has 178 valence electrons. The third kappa shape index (κ3) is 6.10. The largest absolute Gasteiger partial charge is 0.489 e. The first-order valence-electron chi connectivity index (χ1n) is 11.8. The Hall–Kier alpha value is -4.05. The van der Waals surface area contributed by atoms with Crippen molar-refractivity contribution in [1.29, 1.82) is 5.41 Å². The van der Waals surface area contributed by atoms with Gasteiger partial charge >= 0.3 is 0 Å². The maximum absolute atomic E-state index is 7.69. The van der Waals surface area contributed by atoms with E-state index in [1.54, 1.807) is 6.92 Å². The first-order chi connectivity index (χ1) is 16.8. The Morgan fingerprint density at radius 3 is 1.66 bits per heavy atom. The lowest BCUT2D eigenvalue weighted by Crippen LogP contribution is -2.18. The molecule has 0 aliphatic carbocycles. The molecular formula is C31H32N2O2. The summed E-state index contributed by atoms with van der Waals surface area (Å²) in [5, 5.41) is 7.69. The summed E-state index contributed by atoms with van der Waals surface area (Å²) in [6, 6.07) is 32.2. The van der Waals surface area contributed by atoms with Crippen LogP contribution in [0.4, 0.5) is 5.69 Å². The minimum Gasteiger partial charge on any atom is -0.489 e. The van der Waals surface area contributed by atoms with Gasteiger partial charge in [0, 0.05) is 16.8 Å². The summed E-state index contributed by atoms with van der Waals surface area (Å²) in [4.78, 5) is 0. The lowest BCUT2D eigenvalue weighted by Gasteiger charge is -2.26. The van der Waals surface area contributed by atoms with Crippen LogP contribution in [0, 0.1) is 5.41 Å². The average molecular weight is 465 g/mol. The Labute approximate surface area is 207 Å². The summed E-state index contributed by atoms with van der Waals surface area (Å²) in [5.74, 6) is 1.63. The fourth-order valence-electron chi connectivity index (χ4n) is 3.98. The number of anilines is 1. The quantitative estimate of drug-likeness (QED) is 0.204. The minimum absolute atomic E-state index is 0.126. The molecule has 0 fully saturated rings. The van der Waals surface area contributed by atoms with Crippen molar-refractivity contribution in [3.05, 3.63) is 125 Å². The van der Waals surface area contributed by atoms with E-state index in [0.29, 0.717) is 18.9 Å². The molecule has 4 aromatic rings. The molecule has 0 spiro atoms. The molecule has 35 heavy (non-hydrogen) atoms. The third-order valence-electron chi connectivity index (χ3n) is 6.30. The highest BCUT2D eigenvalue weighted by Crippen LogP contribution is 2.33. The van der Waals surface area contributed by atoms with Gasteiger partial charge in [-0.3, -0.25) is 0 Å². The summed E-state index contributed by atoms with van der Waals surface area (Å²) < 4.78 is 12.0. The fraction of sp³-hybridized carbons (Fsp3) is 0.194. The van der Waals surface area contributed by atoms with Crippen LogP contribution >= 0.6 is 0 Å². The van der Waals surface area contributed by atoms with E-state index < -0.39 is 0 Å². The number of nitrogens with two attached hydrogens (primary N) is 1. The first-order valence-corrected chi connectivity index (χ1v) is 11.8. The molecule has 0 aromatic heterocycles. The predicted octanol–water partition coefficient (Wildman–Crippen LogP) is 7.14. The fourth-order valence-corrected chi connectivity index (χ4v) is 3.98. The zero-order chi connectivity index (χ0) is 24.8. The summed E-state index contributed by atoms with van der Waals surface area (Å²) in [7, 11) is 0. The second kappa shape index (κ2) is 10.5. The summed E-state index contributed by atoms with van der Waals surface area (Å²) in [6.45, 7) is 7.17. The molecule has 0 amide bonds. The van der Waals surface area contributed by atoms with E-state index >= 15 is 0 Å². The lowest BCUT2D eigenvalue weighted by molar-refractivity contribution is 0.300. The van der Waals surface area contributed by atoms with Gasteiger partial charge in [0.05, 0.1) is 0 Å². The van der Waals surface area contributed by atoms with E-state index in [1.807, 2.05) is 60.7 Å². The number of rotatable bonds is 9. The van der Waals surface area contributed by atoms with Gasteiger partial charge in [-0.05, 0) is 89.3 Å². The minimum atomic E-state index is -0.126. The number of benzene rings is 4. The van der Waals surface area contributed by atoms with E-state index in [-0.39, 0.29) is 5.41 Å². The molecule has 0 bridgehead atoms. The molecule has 0 heterocycles. The monoisotopic (exact) mass is 464 g/mol. The molecule has 0 saturated carbocycles. The van der Waals surface area contributed by atoms with Crippen LogP contribution in [0.5, 0.6) is 11.5 Å². The molecule has 0 radical (unpaired) electrons. The number of ether oxygens (including phenoxy) is 2. The molecule has 4 heteroatoms. The van der Waals surface area contributed by atoms with Crippen LogP contribution in [0.2, 0.25) is 0 Å². The Morgan fingerprint density at radius 1 is 0.714 bits per heavy atom. The normalized spacial score (nSPS) is 11.2. The van der Waals surface area contributed by atoms with Gasteiger partial charge in [-0.1, -0.05) is 56.3 Å². The SMILES string of the molecule is CC(=N)c1ccc(OCc2cccc(COc3ccc(C(C)(C)c4ccc(N)cc4)cc3)c2)cc1. The number of nitrogens with one attached hydrogen (secondary N) is 1. The van der Waals surface area contributed by atoms with Gasteiger partial charge in [0.1, 0.15) is 24.7 Å². The van der Waals surface area contributed by atoms with Crippen LogP contribution < -0.4 is 15.2 Å². The molecule has 4 nitrogen and oxygen atoms in total. The van der Waals surface area contributed by atoms with Gasteiger partial charge in [-0.15, -0.1) is 0 Å². The number of hydrogen-bond donors (Lipinski definition) is 2. The molecule has 0 atom stereocenters. The van der Waals surface area contributed by atoms with Gasteiger partial charge in [0.2, 0.25) is 0 Å². The molecular weight excluding hydrogens is 432 g/mol. The molecule has 4 rings (SSSR count). The van der Waals surface area contributed by atoms with Crippen LogP contribution in [-0.2, 0) is 18.6 Å².